The molecule has 0 heterocycles. The SMILES string of the molecule is CC[CH]N(CCc1ccc(C)c(OCc2ccccc2)c1)OC. The lowest BCUT2D eigenvalue weighted by atomic mass is 10.1. The molecule has 2 rings (SSSR count). The summed E-state index contributed by atoms with van der Waals surface area (Å²) in [6, 6.07) is 16.7. The maximum absolute atomic E-state index is 5.99. The Kier molecular flexibility index (Phi) is 7.11. The van der Waals surface area contributed by atoms with E-state index < -0.39 is 0 Å². The van der Waals surface area contributed by atoms with Crippen molar-refractivity contribution in [3.8, 4) is 5.75 Å². The van der Waals surface area contributed by atoms with Gasteiger partial charge in [0.25, 0.3) is 0 Å². The number of rotatable bonds is 9. The lowest BCUT2D eigenvalue weighted by Crippen LogP contribution is -2.21. The molecule has 0 unspecified atom stereocenters. The van der Waals surface area contributed by atoms with E-state index in [1.54, 1.807) is 7.11 Å². The molecule has 3 heteroatoms. The molecule has 0 aliphatic heterocycles. The predicted octanol–water partition coefficient (Wildman–Crippen LogP) is 4.55. The summed E-state index contributed by atoms with van der Waals surface area (Å²) in [6.07, 6.45) is 1.89. The van der Waals surface area contributed by atoms with Gasteiger partial charge in [0.1, 0.15) is 12.4 Å². The van der Waals surface area contributed by atoms with Crippen molar-refractivity contribution in [2.45, 2.75) is 33.3 Å². The number of aryl methyl sites for hydroxylation is 1. The van der Waals surface area contributed by atoms with E-state index in [-0.39, 0.29) is 0 Å². The Bertz CT molecular complexity index is 583. The van der Waals surface area contributed by atoms with Gasteiger partial charge < -0.3 is 9.57 Å². The van der Waals surface area contributed by atoms with E-state index in [2.05, 4.69) is 50.7 Å². The molecule has 2 aromatic rings. The van der Waals surface area contributed by atoms with Crippen molar-refractivity contribution in [2.75, 3.05) is 13.7 Å². The molecular formula is C20H26NO2. The van der Waals surface area contributed by atoms with Crippen LogP contribution in [0.3, 0.4) is 0 Å². The summed E-state index contributed by atoms with van der Waals surface area (Å²) in [4.78, 5) is 5.32. The quantitative estimate of drug-likeness (QED) is 0.634. The summed E-state index contributed by atoms with van der Waals surface area (Å²) in [7, 11) is 1.70. The molecule has 3 nitrogen and oxygen atoms in total. The fourth-order valence-corrected chi connectivity index (χ4v) is 2.39. The summed E-state index contributed by atoms with van der Waals surface area (Å²) in [5.41, 5.74) is 3.60. The molecule has 0 spiro atoms. The van der Waals surface area contributed by atoms with Crippen molar-refractivity contribution in [1.82, 2.24) is 5.06 Å². The van der Waals surface area contributed by atoms with Gasteiger partial charge >= 0.3 is 0 Å². The molecule has 0 N–H and O–H groups in total. The maximum atomic E-state index is 5.99. The second kappa shape index (κ2) is 9.33. The van der Waals surface area contributed by atoms with Crippen LogP contribution in [0.1, 0.15) is 30.0 Å². The molecule has 0 saturated carbocycles. The highest BCUT2D eigenvalue weighted by Gasteiger charge is 2.06. The predicted molar refractivity (Wildman–Crippen MR) is 94.0 cm³/mol. The number of nitrogens with zero attached hydrogens (tertiary/aromatic N) is 1. The third-order valence-corrected chi connectivity index (χ3v) is 3.73. The van der Waals surface area contributed by atoms with Crippen molar-refractivity contribution in [3.05, 3.63) is 71.8 Å². The van der Waals surface area contributed by atoms with Gasteiger partial charge in [-0.3, -0.25) is 0 Å². The number of benzene rings is 2. The van der Waals surface area contributed by atoms with Crippen LogP contribution >= 0.6 is 0 Å². The Balaban J connectivity index is 1.95. The van der Waals surface area contributed by atoms with Crippen LogP contribution in [0.4, 0.5) is 0 Å². The molecule has 123 valence electrons. The largest absolute Gasteiger partial charge is 0.489 e. The van der Waals surface area contributed by atoms with Gasteiger partial charge in [-0.05, 0) is 42.5 Å². The highest BCUT2D eigenvalue weighted by atomic mass is 16.7. The number of ether oxygens (including phenoxy) is 1. The molecular weight excluding hydrogens is 286 g/mol. The Morgan fingerprint density at radius 2 is 1.83 bits per heavy atom. The Hall–Kier alpha value is -1.84. The minimum Gasteiger partial charge on any atom is -0.489 e. The first kappa shape index (κ1) is 17.5. The second-order valence-corrected chi connectivity index (χ2v) is 5.54. The summed E-state index contributed by atoms with van der Waals surface area (Å²) < 4.78 is 5.99. The molecule has 0 amide bonds. The summed E-state index contributed by atoms with van der Waals surface area (Å²) >= 11 is 0. The van der Waals surface area contributed by atoms with Crippen LogP contribution in [-0.4, -0.2) is 18.7 Å². The zero-order valence-corrected chi connectivity index (χ0v) is 14.3. The Labute approximate surface area is 139 Å². The third-order valence-electron chi connectivity index (χ3n) is 3.73. The van der Waals surface area contributed by atoms with Gasteiger partial charge in [-0.25, -0.2) is 0 Å². The summed E-state index contributed by atoms with van der Waals surface area (Å²) in [5, 5.41) is 1.88. The molecule has 0 aliphatic carbocycles. The van der Waals surface area contributed by atoms with Gasteiger partial charge in [0, 0.05) is 6.54 Å². The van der Waals surface area contributed by atoms with E-state index in [0.717, 1.165) is 30.7 Å². The van der Waals surface area contributed by atoms with Gasteiger partial charge in [-0.1, -0.05) is 49.4 Å². The van der Waals surface area contributed by atoms with Crippen molar-refractivity contribution >= 4 is 0 Å². The maximum Gasteiger partial charge on any atom is 0.122 e. The van der Waals surface area contributed by atoms with Crippen LogP contribution < -0.4 is 4.74 Å². The van der Waals surface area contributed by atoms with Crippen molar-refractivity contribution < 1.29 is 9.57 Å². The van der Waals surface area contributed by atoms with E-state index in [1.807, 2.05) is 23.3 Å². The Morgan fingerprint density at radius 1 is 1.04 bits per heavy atom. The van der Waals surface area contributed by atoms with Crippen LogP contribution in [0, 0.1) is 13.5 Å². The first-order valence-electron chi connectivity index (χ1n) is 8.13. The average molecular weight is 312 g/mol. The molecule has 23 heavy (non-hydrogen) atoms. The van der Waals surface area contributed by atoms with E-state index in [9.17, 15) is 0 Å². The monoisotopic (exact) mass is 312 g/mol. The lowest BCUT2D eigenvalue weighted by Gasteiger charge is -2.18. The van der Waals surface area contributed by atoms with E-state index >= 15 is 0 Å². The molecule has 0 fully saturated rings. The standard InChI is InChI=1S/C20H26NO2/c1-4-13-21(22-3)14-12-18-11-10-17(2)20(15-18)23-16-19-8-6-5-7-9-19/h5-11,13,15H,4,12,14,16H2,1-3H3. The summed E-state index contributed by atoms with van der Waals surface area (Å²) in [6.45, 7) is 7.68. The smallest absolute Gasteiger partial charge is 0.122 e. The minimum atomic E-state index is 0.596. The van der Waals surface area contributed by atoms with E-state index in [0.29, 0.717) is 6.61 Å². The molecule has 1 radical (unpaired) electrons. The first-order chi connectivity index (χ1) is 11.2. The van der Waals surface area contributed by atoms with Crippen LogP contribution in [0.2, 0.25) is 0 Å². The second-order valence-electron chi connectivity index (χ2n) is 5.54. The Morgan fingerprint density at radius 3 is 2.52 bits per heavy atom. The fourth-order valence-electron chi connectivity index (χ4n) is 2.39. The molecule has 0 saturated heterocycles. The minimum absolute atomic E-state index is 0.596. The molecule has 0 bridgehead atoms. The van der Waals surface area contributed by atoms with Crippen LogP contribution in [0.5, 0.6) is 5.75 Å². The van der Waals surface area contributed by atoms with Crippen LogP contribution in [-0.2, 0) is 17.9 Å². The van der Waals surface area contributed by atoms with Gasteiger partial charge in [-0.15, -0.1) is 0 Å². The van der Waals surface area contributed by atoms with Crippen LogP contribution in [0.25, 0.3) is 0 Å². The zero-order valence-electron chi connectivity index (χ0n) is 14.3. The number of hydrogen-bond donors (Lipinski definition) is 0. The summed E-state index contributed by atoms with van der Waals surface area (Å²) in [5.74, 6) is 0.954. The normalized spacial score (nSPS) is 11.0. The lowest BCUT2D eigenvalue weighted by molar-refractivity contribution is -0.106. The molecule has 0 atom stereocenters. The molecule has 0 aromatic heterocycles. The molecule has 2 aromatic carbocycles. The third kappa shape index (κ3) is 5.70. The topological polar surface area (TPSA) is 21.7 Å². The number of hydrogen-bond acceptors (Lipinski definition) is 3. The number of hydroxylamine groups is 2. The van der Waals surface area contributed by atoms with Gasteiger partial charge in [0.15, 0.2) is 0 Å². The van der Waals surface area contributed by atoms with Crippen molar-refractivity contribution in [2.24, 2.45) is 0 Å². The van der Waals surface area contributed by atoms with Crippen LogP contribution in [0.15, 0.2) is 48.5 Å². The van der Waals surface area contributed by atoms with Gasteiger partial charge in [0.05, 0.1) is 13.7 Å². The first-order valence-corrected chi connectivity index (χ1v) is 8.13. The average Bonchev–Trinajstić information content (AvgIpc) is 2.59. The van der Waals surface area contributed by atoms with Crippen molar-refractivity contribution in [3.63, 3.8) is 0 Å². The van der Waals surface area contributed by atoms with E-state index in [4.69, 9.17) is 9.57 Å². The van der Waals surface area contributed by atoms with E-state index in [1.165, 1.54) is 11.1 Å². The fraction of sp³-hybridized carbons (Fsp3) is 0.350. The van der Waals surface area contributed by atoms with Gasteiger partial charge in [-0.2, -0.15) is 5.06 Å². The molecule has 0 aliphatic rings. The van der Waals surface area contributed by atoms with Crippen molar-refractivity contribution in [1.29, 1.82) is 0 Å². The zero-order chi connectivity index (χ0) is 16.5. The van der Waals surface area contributed by atoms with Gasteiger partial charge in [0.2, 0.25) is 0 Å². The highest BCUT2D eigenvalue weighted by molar-refractivity contribution is 5.37. The highest BCUT2D eigenvalue weighted by Crippen LogP contribution is 2.21.